The van der Waals surface area contributed by atoms with Crippen molar-refractivity contribution in [3.63, 3.8) is 0 Å². The van der Waals surface area contributed by atoms with E-state index < -0.39 is 0 Å². The maximum absolute atomic E-state index is 9.13. The molecule has 1 fully saturated rings. The van der Waals surface area contributed by atoms with Gasteiger partial charge in [0.25, 0.3) is 0 Å². The van der Waals surface area contributed by atoms with E-state index in [0.717, 1.165) is 25.9 Å². The SMILES string of the molecule is CCCOc1nc(N)nc(N2CCC(CO)C2)n1. The molecule has 18 heavy (non-hydrogen) atoms. The highest BCUT2D eigenvalue weighted by Crippen LogP contribution is 2.22. The number of rotatable bonds is 5. The summed E-state index contributed by atoms with van der Waals surface area (Å²) in [4.78, 5) is 14.3. The van der Waals surface area contributed by atoms with Crippen LogP contribution in [0.15, 0.2) is 0 Å². The van der Waals surface area contributed by atoms with Gasteiger partial charge in [0, 0.05) is 25.6 Å². The lowest BCUT2D eigenvalue weighted by molar-refractivity contribution is 0.238. The first kappa shape index (κ1) is 12.8. The maximum Gasteiger partial charge on any atom is 0.323 e. The molecule has 100 valence electrons. The average molecular weight is 253 g/mol. The summed E-state index contributed by atoms with van der Waals surface area (Å²) >= 11 is 0. The number of aliphatic hydroxyl groups is 1. The summed E-state index contributed by atoms with van der Waals surface area (Å²) < 4.78 is 5.37. The van der Waals surface area contributed by atoms with Gasteiger partial charge in [-0.05, 0) is 12.8 Å². The van der Waals surface area contributed by atoms with Crippen LogP contribution in [-0.4, -0.2) is 46.4 Å². The van der Waals surface area contributed by atoms with E-state index in [0.29, 0.717) is 12.6 Å². The summed E-state index contributed by atoms with van der Waals surface area (Å²) in [5.41, 5.74) is 5.65. The number of hydrogen-bond donors (Lipinski definition) is 2. The Morgan fingerprint density at radius 2 is 2.28 bits per heavy atom. The first-order valence-electron chi connectivity index (χ1n) is 6.23. The fourth-order valence-electron chi connectivity index (χ4n) is 1.92. The molecule has 1 aliphatic heterocycles. The molecule has 0 saturated carbocycles. The van der Waals surface area contributed by atoms with Crippen molar-refractivity contribution >= 4 is 11.9 Å². The highest BCUT2D eigenvalue weighted by Gasteiger charge is 2.24. The Hall–Kier alpha value is -1.63. The zero-order valence-electron chi connectivity index (χ0n) is 10.5. The monoisotopic (exact) mass is 253 g/mol. The quantitative estimate of drug-likeness (QED) is 0.765. The third-order valence-electron chi connectivity index (χ3n) is 2.88. The van der Waals surface area contributed by atoms with E-state index in [2.05, 4.69) is 15.0 Å². The number of nitrogens with two attached hydrogens (primary N) is 1. The Labute approximate surface area is 106 Å². The first-order chi connectivity index (χ1) is 8.72. The lowest BCUT2D eigenvalue weighted by atomic mass is 10.1. The van der Waals surface area contributed by atoms with Gasteiger partial charge in [-0.2, -0.15) is 15.0 Å². The van der Waals surface area contributed by atoms with Crippen LogP contribution in [0.2, 0.25) is 0 Å². The molecular formula is C11H19N5O2. The fraction of sp³-hybridized carbons (Fsp3) is 0.727. The molecule has 1 atom stereocenters. The van der Waals surface area contributed by atoms with Gasteiger partial charge in [0.1, 0.15) is 0 Å². The number of nitrogen functional groups attached to an aromatic ring is 1. The Morgan fingerprint density at radius 3 is 2.94 bits per heavy atom. The highest BCUT2D eigenvalue weighted by atomic mass is 16.5. The number of ether oxygens (including phenoxy) is 1. The number of hydrogen-bond acceptors (Lipinski definition) is 7. The molecule has 0 bridgehead atoms. The van der Waals surface area contributed by atoms with Crippen LogP contribution in [0, 0.1) is 5.92 Å². The third kappa shape index (κ3) is 2.98. The number of nitrogens with zero attached hydrogens (tertiary/aromatic N) is 4. The van der Waals surface area contributed by atoms with E-state index in [-0.39, 0.29) is 24.5 Å². The van der Waals surface area contributed by atoms with Gasteiger partial charge in [-0.1, -0.05) is 6.92 Å². The maximum atomic E-state index is 9.13. The van der Waals surface area contributed by atoms with E-state index >= 15 is 0 Å². The molecule has 0 aliphatic carbocycles. The van der Waals surface area contributed by atoms with Crippen LogP contribution in [0.5, 0.6) is 6.01 Å². The molecule has 0 radical (unpaired) electrons. The van der Waals surface area contributed by atoms with Gasteiger partial charge >= 0.3 is 6.01 Å². The minimum atomic E-state index is 0.165. The second-order valence-electron chi connectivity index (χ2n) is 4.41. The molecule has 0 amide bonds. The molecule has 0 spiro atoms. The Balaban J connectivity index is 2.10. The molecular weight excluding hydrogens is 234 g/mol. The molecule has 3 N–H and O–H groups in total. The topological polar surface area (TPSA) is 97.4 Å². The lowest BCUT2D eigenvalue weighted by Gasteiger charge is -2.16. The molecule has 1 aromatic heterocycles. The highest BCUT2D eigenvalue weighted by molar-refractivity contribution is 5.37. The number of aromatic nitrogens is 3. The van der Waals surface area contributed by atoms with Crippen LogP contribution in [0.25, 0.3) is 0 Å². The van der Waals surface area contributed by atoms with Crippen molar-refractivity contribution in [1.29, 1.82) is 0 Å². The zero-order chi connectivity index (χ0) is 13.0. The van der Waals surface area contributed by atoms with Crippen LogP contribution in [-0.2, 0) is 0 Å². The largest absolute Gasteiger partial charge is 0.463 e. The molecule has 7 nitrogen and oxygen atoms in total. The molecule has 1 aromatic rings. The van der Waals surface area contributed by atoms with Gasteiger partial charge in [0.2, 0.25) is 11.9 Å². The molecule has 1 aliphatic rings. The molecule has 1 unspecified atom stereocenters. The Bertz CT molecular complexity index is 401. The first-order valence-corrected chi connectivity index (χ1v) is 6.23. The lowest BCUT2D eigenvalue weighted by Crippen LogP contribution is -2.24. The predicted molar refractivity (Wildman–Crippen MR) is 67.4 cm³/mol. The van der Waals surface area contributed by atoms with Crippen LogP contribution < -0.4 is 15.4 Å². The van der Waals surface area contributed by atoms with E-state index in [1.54, 1.807) is 0 Å². The van der Waals surface area contributed by atoms with E-state index in [4.69, 9.17) is 15.6 Å². The summed E-state index contributed by atoms with van der Waals surface area (Å²) in [6.07, 6.45) is 1.82. The number of anilines is 2. The molecule has 2 rings (SSSR count). The van der Waals surface area contributed by atoms with Gasteiger partial charge in [0.05, 0.1) is 6.61 Å². The standard InChI is InChI=1S/C11H19N5O2/c1-2-5-18-11-14-9(12)13-10(15-11)16-4-3-8(6-16)7-17/h8,17H,2-7H2,1H3,(H2,12,13,14,15). The molecule has 7 heteroatoms. The minimum absolute atomic E-state index is 0.165. The summed E-state index contributed by atoms with van der Waals surface area (Å²) in [6, 6.07) is 0.270. The van der Waals surface area contributed by atoms with Gasteiger partial charge in [-0.15, -0.1) is 0 Å². The minimum Gasteiger partial charge on any atom is -0.463 e. The zero-order valence-corrected chi connectivity index (χ0v) is 10.5. The van der Waals surface area contributed by atoms with E-state index in [9.17, 15) is 0 Å². The summed E-state index contributed by atoms with van der Waals surface area (Å²) in [6.45, 7) is 4.32. The van der Waals surface area contributed by atoms with Crippen molar-refractivity contribution in [2.45, 2.75) is 19.8 Å². The third-order valence-corrected chi connectivity index (χ3v) is 2.88. The van der Waals surface area contributed by atoms with E-state index in [1.165, 1.54) is 0 Å². The van der Waals surface area contributed by atoms with Crippen molar-refractivity contribution in [2.24, 2.45) is 5.92 Å². The second-order valence-corrected chi connectivity index (χ2v) is 4.41. The second kappa shape index (κ2) is 5.81. The van der Waals surface area contributed by atoms with Gasteiger partial charge in [0.15, 0.2) is 0 Å². The Kier molecular flexibility index (Phi) is 4.14. The summed E-state index contributed by atoms with van der Waals surface area (Å²) in [7, 11) is 0. The summed E-state index contributed by atoms with van der Waals surface area (Å²) in [5, 5.41) is 9.13. The van der Waals surface area contributed by atoms with Gasteiger partial charge < -0.3 is 20.5 Å². The van der Waals surface area contributed by atoms with Crippen molar-refractivity contribution in [1.82, 2.24) is 15.0 Å². The molecule has 2 heterocycles. The molecule has 0 aromatic carbocycles. The predicted octanol–water partition coefficient (Wildman–Crippen LogP) is 0.0612. The van der Waals surface area contributed by atoms with Crippen molar-refractivity contribution < 1.29 is 9.84 Å². The van der Waals surface area contributed by atoms with Crippen LogP contribution in [0.1, 0.15) is 19.8 Å². The number of aliphatic hydroxyl groups excluding tert-OH is 1. The van der Waals surface area contributed by atoms with E-state index in [1.807, 2.05) is 11.8 Å². The van der Waals surface area contributed by atoms with Crippen molar-refractivity contribution in [2.75, 3.05) is 36.9 Å². The Morgan fingerprint density at radius 1 is 1.44 bits per heavy atom. The average Bonchev–Trinajstić information content (AvgIpc) is 2.84. The van der Waals surface area contributed by atoms with Crippen LogP contribution in [0.3, 0.4) is 0 Å². The smallest absolute Gasteiger partial charge is 0.323 e. The van der Waals surface area contributed by atoms with Crippen molar-refractivity contribution in [3.8, 4) is 6.01 Å². The fourth-order valence-corrected chi connectivity index (χ4v) is 1.92. The van der Waals surface area contributed by atoms with Gasteiger partial charge in [-0.25, -0.2) is 0 Å². The summed E-state index contributed by atoms with van der Waals surface area (Å²) in [5.74, 6) is 0.978. The van der Waals surface area contributed by atoms with Crippen LogP contribution >= 0.6 is 0 Å². The van der Waals surface area contributed by atoms with Crippen molar-refractivity contribution in [3.05, 3.63) is 0 Å². The molecule has 1 saturated heterocycles. The van der Waals surface area contributed by atoms with Crippen LogP contribution in [0.4, 0.5) is 11.9 Å². The normalized spacial score (nSPS) is 19.2. The van der Waals surface area contributed by atoms with Gasteiger partial charge in [-0.3, -0.25) is 0 Å².